The molecule has 0 saturated heterocycles. The summed E-state index contributed by atoms with van der Waals surface area (Å²) in [6.45, 7) is -0.426. The lowest BCUT2D eigenvalue weighted by Crippen LogP contribution is -2.21. The van der Waals surface area contributed by atoms with E-state index in [0.717, 1.165) is 10.6 Å². The van der Waals surface area contributed by atoms with Gasteiger partial charge in [0.25, 0.3) is 5.91 Å². The number of ether oxygens (including phenoxy) is 1. The van der Waals surface area contributed by atoms with Crippen molar-refractivity contribution in [2.45, 2.75) is 0 Å². The number of aromatic nitrogens is 1. The summed E-state index contributed by atoms with van der Waals surface area (Å²) in [5.41, 5.74) is 1.59. The number of carbonyl (C=O) groups is 2. The van der Waals surface area contributed by atoms with Gasteiger partial charge in [0.15, 0.2) is 12.3 Å². The molecule has 0 aliphatic rings. The molecule has 0 radical (unpaired) electrons. The summed E-state index contributed by atoms with van der Waals surface area (Å²) in [7, 11) is 0. The highest BCUT2D eigenvalue weighted by atomic mass is 35.5. The Kier molecular flexibility index (Phi) is 5.70. The molecule has 0 bridgehead atoms. The first kappa shape index (κ1) is 17.9. The summed E-state index contributed by atoms with van der Waals surface area (Å²) in [4.78, 5) is 28.1. The Morgan fingerprint density at radius 3 is 2.72 bits per heavy atom. The number of nitrogens with zero attached hydrogens (tertiary/aromatic N) is 1. The predicted octanol–water partition coefficient (Wildman–Crippen LogP) is 4.97. The number of nitrogens with one attached hydrogen (secondary N) is 1. The zero-order valence-electron chi connectivity index (χ0n) is 12.5. The molecule has 3 aromatic rings. The van der Waals surface area contributed by atoms with Gasteiger partial charge in [0, 0.05) is 22.0 Å². The minimum Gasteiger partial charge on any atom is -0.451 e. The maximum absolute atomic E-state index is 12.0. The van der Waals surface area contributed by atoms with E-state index in [9.17, 15) is 9.59 Å². The Hall–Kier alpha value is -1.93. The van der Waals surface area contributed by atoms with Gasteiger partial charge in [-0.2, -0.15) is 11.3 Å². The average molecular weight is 413 g/mol. The first-order valence-corrected chi connectivity index (χ1v) is 9.51. The molecule has 2 aromatic heterocycles. The third-order valence-corrected chi connectivity index (χ3v) is 5.33. The number of benzene rings is 1. The lowest BCUT2D eigenvalue weighted by atomic mass is 10.3. The molecular formula is C16H10Cl2N2O3S2. The zero-order chi connectivity index (χ0) is 17.8. The quantitative estimate of drug-likeness (QED) is 0.600. The van der Waals surface area contributed by atoms with Gasteiger partial charge in [-0.25, -0.2) is 9.78 Å². The molecule has 128 valence electrons. The van der Waals surface area contributed by atoms with E-state index < -0.39 is 18.5 Å². The minimum atomic E-state index is -0.651. The number of halogens is 2. The number of thiophene rings is 1. The van der Waals surface area contributed by atoms with Crippen LogP contribution < -0.4 is 5.32 Å². The summed E-state index contributed by atoms with van der Waals surface area (Å²) >= 11 is 14.6. The molecule has 2 heterocycles. The Morgan fingerprint density at radius 1 is 1.16 bits per heavy atom. The molecule has 9 heteroatoms. The third kappa shape index (κ3) is 4.58. The smallest absolute Gasteiger partial charge is 0.358 e. The number of esters is 1. The van der Waals surface area contributed by atoms with Crippen LogP contribution >= 0.6 is 45.9 Å². The molecule has 0 aliphatic carbocycles. The van der Waals surface area contributed by atoms with Gasteiger partial charge in [-0.15, -0.1) is 11.3 Å². The van der Waals surface area contributed by atoms with Gasteiger partial charge in [0.2, 0.25) is 0 Å². The van der Waals surface area contributed by atoms with Crippen molar-refractivity contribution in [3.63, 3.8) is 0 Å². The molecule has 3 rings (SSSR count). The highest BCUT2D eigenvalue weighted by molar-refractivity contribution is 7.14. The van der Waals surface area contributed by atoms with Crippen molar-refractivity contribution < 1.29 is 14.3 Å². The van der Waals surface area contributed by atoms with E-state index in [0.29, 0.717) is 15.7 Å². The van der Waals surface area contributed by atoms with Crippen LogP contribution in [0, 0.1) is 0 Å². The van der Waals surface area contributed by atoms with Gasteiger partial charge >= 0.3 is 5.97 Å². The molecule has 0 fully saturated rings. The van der Waals surface area contributed by atoms with Crippen molar-refractivity contribution in [3.05, 3.63) is 56.1 Å². The van der Waals surface area contributed by atoms with Crippen molar-refractivity contribution in [1.29, 1.82) is 0 Å². The average Bonchev–Trinajstić information content (AvgIpc) is 3.26. The minimum absolute atomic E-state index is 0.175. The van der Waals surface area contributed by atoms with Crippen LogP contribution in [0.2, 0.25) is 10.0 Å². The van der Waals surface area contributed by atoms with Crippen LogP contribution in [0.5, 0.6) is 0 Å². The number of thiazole rings is 1. The molecule has 25 heavy (non-hydrogen) atoms. The van der Waals surface area contributed by atoms with Gasteiger partial charge in [-0.1, -0.05) is 23.2 Å². The number of carbonyl (C=O) groups excluding carboxylic acids is 2. The number of hydrogen-bond acceptors (Lipinski definition) is 6. The fraction of sp³-hybridized carbons (Fsp3) is 0.0625. The van der Waals surface area contributed by atoms with Crippen molar-refractivity contribution in [1.82, 2.24) is 4.98 Å². The van der Waals surface area contributed by atoms with E-state index in [-0.39, 0.29) is 5.69 Å². The van der Waals surface area contributed by atoms with E-state index in [2.05, 4.69) is 10.3 Å². The second-order valence-corrected chi connectivity index (χ2v) is 7.26. The first-order valence-electron chi connectivity index (χ1n) is 6.93. The fourth-order valence-electron chi connectivity index (χ4n) is 1.86. The van der Waals surface area contributed by atoms with E-state index >= 15 is 0 Å². The maximum Gasteiger partial charge on any atom is 0.358 e. The van der Waals surface area contributed by atoms with Gasteiger partial charge in [-0.05, 0) is 29.6 Å². The predicted molar refractivity (Wildman–Crippen MR) is 101 cm³/mol. The monoisotopic (exact) mass is 412 g/mol. The fourth-order valence-corrected chi connectivity index (χ4v) is 3.66. The van der Waals surface area contributed by atoms with Crippen LogP contribution in [0.3, 0.4) is 0 Å². The molecule has 5 nitrogen and oxygen atoms in total. The van der Waals surface area contributed by atoms with Gasteiger partial charge in [-0.3, -0.25) is 4.79 Å². The summed E-state index contributed by atoms with van der Waals surface area (Å²) in [5, 5.41) is 9.48. The summed E-state index contributed by atoms with van der Waals surface area (Å²) in [5.74, 6) is -1.14. The van der Waals surface area contributed by atoms with E-state index in [4.69, 9.17) is 27.9 Å². The summed E-state index contributed by atoms with van der Waals surface area (Å²) in [6, 6.07) is 6.59. The number of amides is 1. The van der Waals surface area contributed by atoms with Crippen LogP contribution in [-0.2, 0) is 9.53 Å². The topological polar surface area (TPSA) is 68.3 Å². The van der Waals surface area contributed by atoms with Crippen molar-refractivity contribution in [2.75, 3.05) is 11.9 Å². The molecule has 0 aliphatic heterocycles. The molecule has 1 amide bonds. The van der Waals surface area contributed by atoms with E-state index in [1.807, 2.05) is 16.8 Å². The van der Waals surface area contributed by atoms with Gasteiger partial charge in [0.05, 0.1) is 10.0 Å². The van der Waals surface area contributed by atoms with Crippen LogP contribution in [0.15, 0.2) is 40.4 Å². The Labute approximate surface area is 161 Å². The van der Waals surface area contributed by atoms with Crippen LogP contribution in [-0.4, -0.2) is 23.5 Å². The number of hydrogen-bond donors (Lipinski definition) is 1. The molecule has 0 atom stereocenters. The van der Waals surface area contributed by atoms with Crippen molar-refractivity contribution in [2.24, 2.45) is 0 Å². The van der Waals surface area contributed by atoms with Crippen molar-refractivity contribution >= 4 is 63.4 Å². The Balaban J connectivity index is 1.55. The molecule has 1 N–H and O–H groups in total. The Bertz CT molecular complexity index is 910. The van der Waals surface area contributed by atoms with Crippen LogP contribution in [0.25, 0.3) is 10.6 Å². The molecule has 1 aromatic carbocycles. The zero-order valence-corrected chi connectivity index (χ0v) is 15.6. The molecule has 0 unspecified atom stereocenters. The lowest BCUT2D eigenvalue weighted by molar-refractivity contribution is -0.119. The molecular weight excluding hydrogens is 403 g/mol. The second-order valence-electron chi connectivity index (χ2n) is 4.80. The number of rotatable bonds is 5. The molecule has 0 saturated carbocycles. The normalized spacial score (nSPS) is 10.5. The SMILES string of the molecule is O=C(COC(=O)c1csc(-c2ccsc2)n1)Nc1ccc(Cl)c(Cl)c1. The van der Waals surface area contributed by atoms with E-state index in [1.165, 1.54) is 17.4 Å². The maximum atomic E-state index is 12.0. The van der Waals surface area contributed by atoms with Gasteiger partial charge < -0.3 is 10.1 Å². The summed E-state index contributed by atoms with van der Waals surface area (Å²) < 4.78 is 4.98. The standard InChI is InChI=1S/C16H10Cl2N2O3S2/c17-11-2-1-10(5-12(11)18)19-14(21)6-23-16(22)13-8-25-15(20-13)9-3-4-24-7-9/h1-5,7-8H,6H2,(H,19,21). The van der Waals surface area contributed by atoms with Crippen LogP contribution in [0.1, 0.15) is 10.5 Å². The summed E-state index contributed by atoms with van der Waals surface area (Å²) in [6.07, 6.45) is 0. The largest absolute Gasteiger partial charge is 0.451 e. The second kappa shape index (κ2) is 7.97. The van der Waals surface area contributed by atoms with Crippen LogP contribution in [0.4, 0.5) is 5.69 Å². The molecule has 0 spiro atoms. The number of anilines is 1. The van der Waals surface area contributed by atoms with Gasteiger partial charge in [0.1, 0.15) is 5.01 Å². The van der Waals surface area contributed by atoms with Crippen molar-refractivity contribution in [3.8, 4) is 10.6 Å². The Morgan fingerprint density at radius 2 is 2.00 bits per heavy atom. The first-order chi connectivity index (χ1) is 12.0. The third-order valence-electron chi connectivity index (χ3n) is 3.02. The highest BCUT2D eigenvalue weighted by Crippen LogP contribution is 2.26. The van der Waals surface area contributed by atoms with E-state index in [1.54, 1.807) is 28.8 Å². The highest BCUT2D eigenvalue weighted by Gasteiger charge is 2.15. The lowest BCUT2D eigenvalue weighted by Gasteiger charge is -2.06.